The van der Waals surface area contributed by atoms with Crippen LogP contribution in [0.4, 0.5) is 5.69 Å². The molecule has 1 fully saturated rings. The van der Waals surface area contributed by atoms with Crippen molar-refractivity contribution in [1.29, 1.82) is 0 Å². The van der Waals surface area contributed by atoms with Crippen LogP contribution in [0, 0.1) is 5.92 Å². The van der Waals surface area contributed by atoms with E-state index in [9.17, 15) is 9.59 Å². The molecule has 4 heteroatoms. The highest BCUT2D eigenvalue weighted by molar-refractivity contribution is 6.03. The van der Waals surface area contributed by atoms with Gasteiger partial charge in [-0.2, -0.15) is 0 Å². The number of fused-ring (bicyclic) bond motifs is 1. The molecule has 0 radical (unpaired) electrons. The summed E-state index contributed by atoms with van der Waals surface area (Å²) in [6.07, 6.45) is 7.05. The second-order valence-corrected chi connectivity index (χ2v) is 6.22. The van der Waals surface area contributed by atoms with Gasteiger partial charge in [-0.3, -0.25) is 14.5 Å². The smallest absolute Gasteiger partial charge is 0.240 e. The third-order valence-electron chi connectivity index (χ3n) is 4.76. The SMILES string of the molecule is NC(=O)[C@H]1Cc2ccccc2N1C(=O)CC1CCCCC1. The molecule has 2 amide bonds. The second-order valence-electron chi connectivity index (χ2n) is 6.22. The van der Waals surface area contributed by atoms with E-state index in [1.165, 1.54) is 19.3 Å². The summed E-state index contributed by atoms with van der Waals surface area (Å²) in [5.74, 6) is 0.103. The molecule has 3 rings (SSSR count). The van der Waals surface area contributed by atoms with Crippen molar-refractivity contribution in [2.75, 3.05) is 4.90 Å². The molecule has 0 bridgehead atoms. The number of carbonyl (C=O) groups is 2. The third kappa shape index (κ3) is 2.80. The first-order chi connectivity index (χ1) is 10.2. The molecule has 4 nitrogen and oxygen atoms in total. The summed E-state index contributed by atoms with van der Waals surface area (Å²) in [6, 6.07) is 7.21. The summed E-state index contributed by atoms with van der Waals surface area (Å²) >= 11 is 0. The number of nitrogens with two attached hydrogens (primary N) is 1. The van der Waals surface area contributed by atoms with Gasteiger partial charge in [-0.25, -0.2) is 0 Å². The van der Waals surface area contributed by atoms with Crippen molar-refractivity contribution in [3.05, 3.63) is 29.8 Å². The molecule has 0 saturated heterocycles. The molecule has 1 heterocycles. The van der Waals surface area contributed by atoms with Crippen LogP contribution < -0.4 is 10.6 Å². The molecule has 1 aliphatic carbocycles. The summed E-state index contributed by atoms with van der Waals surface area (Å²) in [4.78, 5) is 26.1. The predicted molar refractivity (Wildman–Crippen MR) is 81.8 cm³/mol. The monoisotopic (exact) mass is 286 g/mol. The maximum atomic E-state index is 12.7. The number of amides is 2. The van der Waals surface area contributed by atoms with Crippen molar-refractivity contribution in [1.82, 2.24) is 0 Å². The average Bonchev–Trinajstić information content (AvgIpc) is 2.88. The van der Waals surface area contributed by atoms with Crippen molar-refractivity contribution in [2.45, 2.75) is 51.0 Å². The van der Waals surface area contributed by atoms with Gasteiger partial charge in [-0.15, -0.1) is 0 Å². The van der Waals surface area contributed by atoms with Crippen LogP contribution in [0.15, 0.2) is 24.3 Å². The topological polar surface area (TPSA) is 63.4 Å². The first-order valence-electron chi connectivity index (χ1n) is 7.86. The highest BCUT2D eigenvalue weighted by Crippen LogP contribution is 2.34. The Morgan fingerprint density at radius 3 is 2.57 bits per heavy atom. The van der Waals surface area contributed by atoms with Crippen molar-refractivity contribution in [3.8, 4) is 0 Å². The Balaban J connectivity index is 1.80. The Labute approximate surface area is 125 Å². The molecule has 1 saturated carbocycles. The van der Waals surface area contributed by atoms with Crippen molar-refractivity contribution < 1.29 is 9.59 Å². The zero-order chi connectivity index (χ0) is 14.8. The number of benzene rings is 1. The van der Waals surface area contributed by atoms with E-state index >= 15 is 0 Å². The molecule has 1 aliphatic heterocycles. The second kappa shape index (κ2) is 5.88. The Kier molecular flexibility index (Phi) is 3.95. The zero-order valence-electron chi connectivity index (χ0n) is 12.3. The summed E-state index contributed by atoms with van der Waals surface area (Å²) in [5, 5.41) is 0. The highest BCUT2D eigenvalue weighted by atomic mass is 16.2. The molecule has 0 spiro atoms. The quantitative estimate of drug-likeness (QED) is 0.927. The van der Waals surface area contributed by atoms with E-state index in [1.807, 2.05) is 24.3 Å². The van der Waals surface area contributed by atoms with E-state index in [0.29, 0.717) is 18.8 Å². The Morgan fingerprint density at radius 1 is 1.14 bits per heavy atom. The molecule has 21 heavy (non-hydrogen) atoms. The lowest BCUT2D eigenvalue weighted by Gasteiger charge is -2.27. The molecular formula is C17H22N2O2. The molecule has 1 aromatic rings. The van der Waals surface area contributed by atoms with E-state index in [-0.39, 0.29) is 5.91 Å². The fourth-order valence-electron chi connectivity index (χ4n) is 3.66. The zero-order valence-corrected chi connectivity index (χ0v) is 12.3. The van der Waals surface area contributed by atoms with E-state index in [2.05, 4.69) is 0 Å². The molecule has 0 aromatic heterocycles. The fraction of sp³-hybridized carbons (Fsp3) is 0.529. The van der Waals surface area contributed by atoms with Gasteiger partial charge in [0.2, 0.25) is 11.8 Å². The van der Waals surface area contributed by atoms with Gasteiger partial charge >= 0.3 is 0 Å². The summed E-state index contributed by atoms with van der Waals surface area (Å²) in [7, 11) is 0. The molecule has 2 aliphatic rings. The van der Waals surface area contributed by atoms with Crippen molar-refractivity contribution >= 4 is 17.5 Å². The number of primary amides is 1. The lowest BCUT2D eigenvalue weighted by Crippen LogP contribution is -2.46. The van der Waals surface area contributed by atoms with Gasteiger partial charge in [0.25, 0.3) is 0 Å². The van der Waals surface area contributed by atoms with E-state index in [0.717, 1.165) is 24.1 Å². The van der Waals surface area contributed by atoms with Crippen molar-refractivity contribution in [3.63, 3.8) is 0 Å². The van der Waals surface area contributed by atoms with Crippen LogP contribution in [0.25, 0.3) is 0 Å². The molecular weight excluding hydrogens is 264 g/mol. The van der Waals surface area contributed by atoms with Gasteiger partial charge in [-0.1, -0.05) is 37.5 Å². The highest BCUT2D eigenvalue weighted by Gasteiger charge is 2.37. The van der Waals surface area contributed by atoms with Gasteiger partial charge in [0, 0.05) is 18.5 Å². The minimum Gasteiger partial charge on any atom is -0.368 e. The summed E-state index contributed by atoms with van der Waals surface area (Å²) < 4.78 is 0. The van der Waals surface area contributed by atoms with Gasteiger partial charge in [-0.05, 0) is 30.4 Å². The minimum absolute atomic E-state index is 0.0515. The summed E-state index contributed by atoms with van der Waals surface area (Å²) in [6.45, 7) is 0. The van der Waals surface area contributed by atoms with Gasteiger partial charge in [0.1, 0.15) is 6.04 Å². The van der Waals surface area contributed by atoms with Gasteiger partial charge in [0.05, 0.1) is 0 Å². The average molecular weight is 286 g/mol. The van der Waals surface area contributed by atoms with Crippen LogP contribution in [0.2, 0.25) is 0 Å². The van der Waals surface area contributed by atoms with Crippen LogP contribution >= 0.6 is 0 Å². The Bertz CT molecular complexity index is 549. The Morgan fingerprint density at radius 2 is 1.86 bits per heavy atom. The standard InChI is InChI=1S/C17H22N2O2/c18-17(21)15-11-13-8-4-5-9-14(13)19(15)16(20)10-12-6-2-1-3-7-12/h4-5,8-9,12,15H,1-3,6-7,10-11H2,(H2,18,21)/t15-/m1/s1. The maximum Gasteiger partial charge on any atom is 0.240 e. The molecule has 2 N–H and O–H groups in total. The number of rotatable bonds is 3. The molecule has 1 atom stereocenters. The lowest BCUT2D eigenvalue weighted by atomic mass is 9.86. The van der Waals surface area contributed by atoms with Crippen LogP contribution in [-0.2, 0) is 16.0 Å². The minimum atomic E-state index is -0.515. The van der Waals surface area contributed by atoms with Crippen LogP contribution in [0.1, 0.15) is 44.1 Å². The van der Waals surface area contributed by atoms with Gasteiger partial charge in [0.15, 0.2) is 0 Å². The summed E-state index contributed by atoms with van der Waals surface area (Å²) in [5.41, 5.74) is 7.41. The fourth-order valence-corrected chi connectivity index (χ4v) is 3.66. The van der Waals surface area contributed by atoms with Crippen molar-refractivity contribution in [2.24, 2.45) is 11.7 Å². The molecule has 0 unspecified atom stereocenters. The van der Waals surface area contributed by atoms with E-state index in [1.54, 1.807) is 4.90 Å². The number of hydrogen-bond donors (Lipinski definition) is 1. The van der Waals surface area contributed by atoms with Crippen LogP contribution in [-0.4, -0.2) is 17.9 Å². The molecule has 112 valence electrons. The first-order valence-corrected chi connectivity index (χ1v) is 7.86. The lowest BCUT2D eigenvalue weighted by molar-refractivity contribution is -0.124. The van der Waals surface area contributed by atoms with Crippen LogP contribution in [0.3, 0.4) is 0 Å². The number of para-hydroxylation sites is 1. The normalized spacial score (nSPS) is 22.1. The first kappa shape index (κ1) is 14.1. The number of hydrogen-bond acceptors (Lipinski definition) is 2. The number of carbonyl (C=O) groups excluding carboxylic acids is 2. The largest absolute Gasteiger partial charge is 0.368 e. The van der Waals surface area contributed by atoms with E-state index < -0.39 is 11.9 Å². The third-order valence-corrected chi connectivity index (χ3v) is 4.76. The Hall–Kier alpha value is -1.84. The maximum absolute atomic E-state index is 12.7. The molecule has 1 aromatic carbocycles. The predicted octanol–water partition coefficient (Wildman–Crippen LogP) is 2.40. The number of anilines is 1. The van der Waals surface area contributed by atoms with E-state index in [4.69, 9.17) is 5.73 Å². The van der Waals surface area contributed by atoms with Gasteiger partial charge < -0.3 is 5.73 Å². The van der Waals surface area contributed by atoms with Crippen LogP contribution in [0.5, 0.6) is 0 Å². The number of nitrogens with zero attached hydrogens (tertiary/aromatic N) is 1.